The number of nitrogens with one attached hydrogen (secondary N) is 1. The Balaban J connectivity index is 1.48. The van der Waals surface area contributed by atoms with Crippen molar-refractivity contribution in [3.8, 4) is 0 Å². The number of H-pyrrole nitrogens is 1. The van der Waals surface area contributed by atoms with Gasteiger partial charge in [0.2, 0.25) is 0 Å². The fraction of sp³-hybridized carbons (Fsp3) is 0.333. The highest BCUT2D eigenvalue weighted by molar-refractivity contribution is 5.81. The minimum Gasteiger partial charge on any atom is -0.376 e. The number of aromatic nitrogens is 3. The van der Waals surface area contributed by atoms with Gasteiger partial charge in [0.15, 0.2) is 0 Å². The fourth-order valence-electron chi connectivity index (χ4n) is 3.15. The molecule has 0 fully saturated rings. The molecule has 0 radical (unpaired) electrons. The van der Waals surface area contributed by atoms with Crippen LogP contribution in [0.15, 0.2) is 36.7 Å². The summed E-state index contributed by atoms with van der Waals surface area (Å²) >= 11 is 0. The average Bonchev–Trinajstić information content (AvgIpc) is 2.98. The Kier molecular flexibility index (Phi) is 3.81. The Labute approximate surface area is 135 Å². The molecule has 3 heterocycles. The summed E-state index contributed by atoms with van der Waals surface area (Å²) in [4.78, 5) is 6.45. The molecule has 1 aromatic carbocycles. The number of benzene rings is 1. The molecule has 118 valence electrons. The Morgan fingerprint density at radius 3 is 3.13 bits per heavy atom. The third-order valence-corrected chi connectivity index (χ3v) is 4.36. The van der Waals surface area contributed by atoms with Gasteiger partial charge in [-0.15, -0.1) is 0 Å². The van der Waals surface area contributed by atoms with E-state index >= 15 is 0 Å². The van der Waals surface area contributed by atoms with Gasteiger partial charge in [-0.25, -0.2) is 0 Å². The number of fused-ring (bicyclic) bond motifs is 2. The number of ether oxygens (including phenoxy) is 1. The summed E-state index contributed by atoms with van der Waals surface area (Å²) < 4.78 is 5.56. The van der Waals surface area contributed by atoms with Gasteiger partial charge >= 0.3 is 0 Å². The van der Waals surface area contributed by atoms with Crippen molar-refractivity contribution in [1.29, 1.82) is 0 Å². The van der Waals surface area contributed by atoms with E-state index in [1.54, 1.807) is 0 Å². The Morgan fingerprint density at radius 2 is 2.17 bits per heavy atom. The topological polar surface area (TPSA) is 54.0 Å². The first-order valence-electron chi connectivity index (χ1n) is 7.93. The van der Waals surface area contributed by atoms with Crippen LogP contribution in [0.4, 0.5) is 0 Å². The Hall–Kier alpha value is -2.24. The van der Waals surface area contributed by atoms with Gasteiger partial charge in [0.25, 0.3) is 0 Å². The van der Waals surface area contributed by atoms with E-state index in [0.29, 0.717) is 6.61 Å². The van der Waals surface area contributed by atoms with E-state index in [1.807, 2.05) is 12.4 Å². The van der Waals surface area contributed by atoms with Gasteiger partial charge < -0.3 is 4.74 Å². The third kappa shape index (κ3) is 2.98. The minimum atomic E-state index is 0.679. The van der Waals surface area contributed by atoms with Crippen molar-refractivity contribution in [2.45, 2.75) is 26.1 Å². The summed E-state index contributed by atoms with van der Waals surface area (Å²) in [7, 11) is 2.13. The van der Waals surface area contributed by atoms with Crippen LogP contribution in [-0.2, 0) is 30.9 Å². The maximum atomic E-state index is 5.56. The molecule has 3 aromatic rings. The first kappa shape index (κ1) is 14.4. The van der Waals surface area contributed by atoms with E-state index in [-0.39, 0.29) is 0 Å². The molecule has 1 aliphatic rings. The van der Waals surface area contributed by atoms with Crippen LogP contribution in [0.5, 0.6) is 0 Å². The zero-order chi connectivity index (χ0) is 15.6. The molecule has 23 heavy (non-hydrogen) atoms. The molecule has 5 nitrogen and oxygen atoms in total. The predicted octanol–water partition coefficient (Wildman–Crippen LogP) is 2.66. The maximum absolute atomic E-state index is 5.56. The molecule has 5 heteroatoms. The zero-order valence-electron chi connectivity index (χ0n) is 13.2. The Bertz CT molecular complexity index is 827. The summed E-state index contributed by atoms with van der Waals surface area (Å²) in [6, 6.07) is 8.59. The predicted molar refractivity (Wildman–Crippen MR) is 88.9 cm³/mol. The monoisotopic (exact) mass is 308 g/mol. The van der Waals surface area contributed by atoms with E-state index in [2.05, 4.69) is 51.4 Å². The van der Waals surface area contributed by atoms with E-state index in [4.69, 9.17) is 4.74 Å². The van der Waals surface area contributed by atoms with Crippen LogP contribution in [0, 0.1) is 0 Å². The molecule has 0 amide bonds. The standard InChI is InChI=1S/C18H20N4O/c1-22(11-18-16-12-23-7-5-17(16)20-21-18)10-13-2-3-15-9-19-6-4-14(15)8-13/h2-4,6,8-9H,5,7,10-12H2,1H3,(H,20,21). The Morgan fingerprint density at radius 1 is 1.22 bits per heavy atom. The molecule has 1 aliphatic heterocycles. The fourth-order valence-corrected chi connectivity index (χ4v) is 3.15. The number of hydrogen-bond acceptors (Lipinski definition) is 4. The van der Waals surface area contributed by atoms with Crippen LogP contribution in [0.2, 0.25) is 0 Å². The summed E-state index contributed by atoms with van der Waals surface area (Å²) in [5.41, 5.74) is 4.88. The van der Waals surface area contributed by atoms with Crippen molar-refractivity contribution >= 4 is 10.8 Å². The lowest BCUT2D eigenvalue weighted by Crippen LogP contribution is -2.19. The van der Waals surface area contributed by atoms with Crippen LogP contribution in [0.25, 0.3) is 10.8 Å². The van der Waals surface area contributed by atoms with E-state index < -0.39 is 0 Å². The average molecular weight is 308 g/mol. The highest BCUT2D eigenvalue weighted by Gasteiger charge is 2.18. The number of aromatic amines is 1. The number of nitrogens with zero attached hydrogens (tertiary/aromatic N) is 3. The van der Waals surface area contributed by atoms with Crippen LogP contribution >= 0.6 is 0 Å². The first-order chi connectivity index (χ1) is 11.3. The summed E-state index contributed by atoms with van der Waals surface area (Å²) in [5, 5.41) is 10.0. The van der Waals surface area contributed by atoms with Crippen molar-refractivity contribution in [1.82, 2.24) is 20.1 Å². The normalized spacial score (nSPS) is 14.3. The number of hydrogen-bond donors (Lipinski definition) is 1. The van der Waals surface area contributed by atoms with E-state index in [9.17, 15) is 0 Å². The molecule has 4 rings (SSSR count). The van der Waals surface area contributed by atoms with Gasteiger partial charge in [-0.05, 0) is 30.1 Å². The molecular formula is C18H20N4O. The molecule has 2 aromatic heterocycles. The number of pyridine rings is 1. The van der Waals surface area contributed by atoms with Gasteiger partial charge in [-0.1, -0.05) is 12.1 Å². The summed E-state index contributed by atoms with van der Waals surface area (Å²) in [6.07, 6.45) is 4.68. The van der Waals surface area contributed by atoms with Crippen molar-refractivity contribution < 1.29 is 4.74 Å². The molecule has 1 N–H and O–H groups in total. The smallest absolute Gasteiger partial charge is 0.0820 e. The second kappa shape index (κ2) is 6.10. The van der Waals surface area contributed by atoms with Crippen LogP contribution < -0.4 is 0 Å². The van der Waals surface area contributed by atoms with Crippen molar-refractivity contribution in [3.05, 3.63) is 59.2 Å². The van der Waals surface area contributed by atoms with Crippen LogP contribution in [0.1, 0.15) is 22.5 Å². The summed E-state index contributed by atoms with van der Waals surface area (Å²) in [6.45, 7) is 3.18. The zero-order valence-corrected chi connectivity index (χ0v) is 13.2. The van der Waals surface area contributed by atoms with Gasteiger partial charge in [0.1, 0.15) is 0 Å². The quantitative estimate of drug-likeness (QED) is 0.805. The number of rotatable bonds is 4. The van der Waals surface area contributed by atoms with Crippen molar-refractivity contribution in [2.24, 2.45) is 0 Å². The second-order valence-electron chi connectivity index (χ2n) is 6.16. The highest BCUT2D eigenvalue weighted by atomic mass is 16.5. The van der Waals surface area contributed by atoms with E-state index in [1.165, 1.54) is 27.6 Å². The molecule has 0 atom stereocenters. The first-order valence-corrected chi connectivity index (χ1v) is 7.93. The molecule has 0 bridgehead atoms. The lowest BCUT2D eigenvalue weighted by Gasteiger charge is -2.18. The lowest BCUT2D eigenvalue weighted by molar-refractivity contribution is 0.109. The molecule has 0 aliphatic carbocycles. The largest absolute Gasteiger partial charge is 0.376 e. The lowest BCUT2D eigenvalue weighted by atomic mass is 10.1. The van der Waals surface area contributed by atoms with Gasteiger partial charge in [0, 0.05) is 48.5 Å². The van der Waals surface area contributed by atoms with Crippen molar-refractivity contribution in [2.75, 3.05) is 13.7 Å². The maximum Gasteiger partial charge on any atom is 0.0820 e. The van der Waals surface area contributed by atoms with Gasteiger partial charge in [-0.2, -0.15) is 5.10 Å². The second-order valence-corrected chi connectivity index (χ2v) is 6.16. The highest BCUT2D eigenvalue weighted by Crippen LogP contribution is 2.20. The van der Waals surface area contributed by atoms with Crippen molar-refractivity contribution in [3.63, 3.8) is 0 Å². The molecule has 0 saturated carbocycles. The molecule has 0 unspecified atom stereocenters. The third-order valence-electron chi connectivity index (χ3n) is 4.36. The summed E-state index contributed by atoms with van der Waals surface area (Å²) in [5.74, 6) is 0. The van der Waals surface area contributed by atoms with Gasteiger partial charge in [-0.3, -0.25) is 15.0 Å². The minimum absolute atomic E-state index is 0.679. The van der Waals surface area contributed by atoms with Crippen LogP contribution in [-0.4, -0.2) is 33.7 Å². The van der Waals surface area contributed by atoms with Gasteiger partial charge in [0.05, 0.1) is 18.9 Å². The molecular weight excluding hydrogens is 288 g/mol. The molecule has 0 spiro atoms. The van der Waals surface area contributed by atoms with Crippen LogP contribution in [0.3, 0.4) is 0 Å². The molecule has 0 saturated heterocycles. The SMILES string of the molecule is CN(Cc1ccc2cnccc2c1)Cc1n[nH]c2c1COCC2. The van der Waals surface area contributed by atoms with E-state index in [0.717, 1.165) is 31.8 Å².